The maximum Gasteiger partial charge on any atom is 0.278 e. The van der Waals surface area contributed by atoms with E-state index in [9.17, 15) is 4.79 Å². The Labute approximate surface area is 82.6 Å². The minimum atomic E-state index is 0.00926. The number of thiol groups is 1. The van der Waals surface area contributed by atoms with Crippen LogP contribution < -0.4 is 5.32 Å². The minimum absolute atomic E-state index is 0.00926. The Morgan fingerprint density at radius 1 is 1.58 bits per heavy atom. The molecule has 0 atom stereocenters. The summed E-state index contributed by atoms with van der Waals surface area (Å²) in [4.78, 5) is 21.8. The number of thioether (sulfide) groups is 1. The van der Waals surface area contributed by atoms with Gasteiger partial charge in [-0.1, -0.05) is 11.8 Å². The number of amides is 1. The van der Waals surface area contributed by atoms with E-state index in [2.05, 4.69) is 22.9 Å². The van der Waals surface area contributed by atoms with E-state index in [1.807, 2.05) is 0 Å². The summed E-state index contributed by atoms with van der Waals surface area (Å²) < 4.78 is 0. The van der Waals surface area contributed by atoms with Gasteiger partial charge in [-0.15, -0.1) is 0 Å². The van der Waals surface area contributed by atoms with Crippen molar-refractivity contribution in [1.82, 2.24) is 5.32 Å². The summed E-state index contributed by atoms with van der Waals surface area (Å²) in [5.41, 5.74) is 0. The van der Waals surface area contributed by atoms with Crippen LogP contribution in [-0.2, 0) is 4.79 Å². The molecule has 1 N–H and O–H groups in total. The molecule has 0 aliphatic carbocycles. The highest BCUT2D eigenvalue weighted by molar-refractivity contribution is 8.12. The molecule has 4 nitrogen and oxygen atoms in total. The lowest BCUT2D eigenvalue weighted by Crippen LogP contribution is -2.09. The summed E-state index contributed by atoms with van der Waals surface area (Å²) in [6.45, 7) is 0. The zero-order valence-corrected chi connectivity index (χ0v) is 9.33. The molecule has 12 heavy (non-hydrogen) atoms. The summed E-state index contributed by atoms with van der Waals surface area (Å²) in [5.74, 6) is 0. The number of aliphatic imine (C=N–C) groups is 1. The first kappa shape index (κ1) is 17.6. The van der Waals surface area contributed by atoms with Gasteiger partial charge in [-0.2, -0.15) is 12.6 Å². The van der Waals surface area contributed by atoms with Crippen molar-refractivity contribution in [2.24, 2.45) is 4.99 Å². The van der Waals surface area contributed by atoms with Gasteiger partial charge in [-0.3, -0.25) is 4.79 Å². The molecular weight excluding hydrogens is 196 g/mol. The number of hydrogen-bond donors (Lipinski definition) is 2. The summed E-state index contributed by atoms with van der Waals surface area (Å²) in [5, 5.41) is 2.45. The van der Waals surface area contributed by atoms with Crippen LogP contribution >= 0.6 is 24.4 Å². The third kappa shape index (κ3) is 33.7. The van der Waals surface area contributed by atoms with Crippen molar-refractivity contribution in [2.75, 3.05) is 26.6 Å². The van der Waals surface area contributed by atoms with Crippen molar-refractivity contribution in [2.45, 2.75) is 0 Å². The van der Waals surface area contributed by atoms with Crippen LogP contribution in [0.25, 0.3) is 0 Å². The lowest BCUT2D eigenvalue weighted by Gasteiger charge is -1.86. The van der Waals surface area contributed by atoms with E-state index in [4.69, 9.17) is 4.79 Å². The molecule has 0 aromatic rings. The van der Waals surface area contributed by atoms with E-state index in [0.29, 0.717) is 0 Å². The molecular formula is C6H14N2O2S2. The van der Waals surface area contributed by atoms with Crippen molar-refractivity contribution in [3.05, 3.63) is 0 Å². The first-order valence-corrected chi connectivity index (χ1v) is 5.01. The molecule has 1 amide bonds. The standard InChI is InChI=1S/C3H7NOS.C2H3NO.CH4S/c1-4-3(5)6-2;1-3-2-4;1-2/h1-2H3,(H,4,5);1H3;2H,1H3. The average molecular weight is 210 g/mol. The fourth-order valence-corrected chi connectivity index (χ4v) is 0.306. The molecule has 0 bridgehead atoms. The van der Waals surface area contributed by atoms with Crippen LogP contribution in [0.4, 0.5) is 4.79 Å². The third-order valence-electron chi connectivity index (χ3n) is 0.481. The number of nitrogens with one attached hydrogen (secondary N) is 1. The summed E-state index contributed by atoms with van der Waals surface area (Å²) in [6.07, 6.45) is 4.73. The first-order valence-electron chi connectivity index (χ1n) is 2.89. The van der Waals surface area contributed by atoms with Crippen LogP contribution in [0.2, 0.25) is 0 Å². The Kier molecular flexibility index (Phi) is 32.9. The molecule has 72 valence electrons. The van der Waals surface area contributed by atoms with Gasteiger partial charge in [0, 0.05) is 14.1 Å². The number of carbonyl (C=O) groups excluding carboxylic acids is 2. The average Bonchev–Trinajstić information content (AvgIpc) is 2.20. The van der Waals surface area contributed by atoms with E-state index in [1.165, 1.54) is 24.9 Å². The lowest BCUT2D eigenvalue weighted by molar-refractivity contribution is 0.262. The van der Waals surface area contributed by atoms with Crippen LogP contribution in [-0.4, -0.2) is 37.9 Å². The predicted octanol–water partition coefficient (Wildman–Crippen LogP) is 1.19. The Hall–Kier alpha value is -0.450. The molecule has 0 spiro atoms. The van der Waals surface area contributed by atoms with Crippen LogP contribution in [0.15, 0.2) is 4.99 Å². The van der Waals surface area contributed by atoms with E-state index >= 15 is 0 Å². The van der Waals surface area contributed by atoms with Crippen LogP contribution in [0.1, 0.15) is 0 Å². The number of carbonyl (C=O) groups is 1. The van der Waals surface area contributed by atoms with Gasteiger partial charge >= 0.3 is 0 Å². The van der Waals surface area contributed by atoms with Gasteiger partial charge in [-0.25, -0.2) is 9.79 Å². The number of nitrogens with zero attached hydrogens (tertiary/aromatic N) is 1. The van der Waals surface area contributed by atoms with Gasteiger partial charge in [0.25, 0.3) is 5.24 Å². The van der Waals surface area contributed by atoms with Crippen LogP contribution in [0.3, 0.4) is 0 Å². The summed E-state index contributed by atoms with van der Waals surface area (Å²) in [6, 6.07) is 0. The van der Waals surface area contributed by atoms with Gasteiger partial charge in [-0.05, 0) is 12.5 Å². The second-order valence-corrected chi connectivity index (χ2v) is 1.84. The minimum Gasteiger partial charge on any atom is -0.350 e. The highest BCUT2D eigenvalue weighted by Crippen LogP contribution is 1.88. The fraction of sp³-hybridized carbons (Fsp3) is 0.667. The SMILES string of the molecule is CN=C=O.CNC(=O)SC.CS. The van der Waals surface area contributed by atoms with Gasteiger partial charge in [0.1, 0.15) is 0 Å². The van der Waals surface area contributed by atoms with Crippen molar-refractivity contribution >= 4 is 35.7 Å². The predicted molar refractivity (Wildman–Crippen MR) is 56.9 cm³/mol. The van der Waals surface area contributed by atoms with Gasteiger partial charge < -0.3 is 5.32 Å². The van der Waals surface area contributed by atoms with Gasteiger partial charge in [0.2, 0.25) is 6.08 Å². The Morgan fingerprint density at radius 3 is 1.92 bits per heavy atom. The summed E-state index contributed by atoms with van der Waals surface area (Å²) >= 11 is 4.70. The summed E-state index contributed by atoms with van der Waals surface area (Å²) in [7, 11) is 2.99. The number of hydrogen-bond acceptors (Lipinski definition) is 5. The molecule has 0 rings (SSSR count). The fourth-order valence-electron chi connectivity index (χ4n) is 0.102. The maximum atomic E-state index is 10.0. The van der Waals surface area contributed by atoms with E-state index < -0.39 is 0 Å². The number of isocyanates is 1. The monoisotopic (exact) mass is 210 g/mol. The molecule has 0 aliphatic heterocycles. The van der Waals surface area contributed by atoms with E-state index in [-0.39, 0.29) is 5.24 Å². The molecule has 0 fully saturated rings. The lowest BCUT2D eigenvalue weighted by atomic mass is 11.2. The quantitative estimate of drug-likeness (QED) is 0.359. The topological polar surface area (TPSA) is 58.5 Å². The molecule has 0 aromatic carbocycles. The largest absolute Gasteiger partial charge is 0.350 e. The zero-order chi connectivity index (χ0) is 10.4. The van der Waals surface area contributed by atoms with Gasteiger partial charge in [0.15, 0.2) is 0 Å². The Morgan fingerprint density at radius 2 is 1.92 bits per heavy atom. The Bertz CT molecular complexity index is 130. The van der Waals surface area contributed by atoms with Crippen molar-refractivity contribution < 1.29 is 9.59 Å². The number of rotatable bonds is 0. The Balaban J connectivity index is -0.000000118. The maximum absolute atomic E-state index is 10.0. The molecule has 0 radical (unpaired) electrons. The molecule has 0 aliphatic rings. The highest BCUT2D eigenvalue weighted by atomic mass is 32.2. The second kappa shape index (κ2) is 22.4. The van der Waals surface area contributed by atoms with Crippen LogP contribution in [0.5, 0.6) is 0 Å². The van der Waals surface area contributed by atoms with Crippen molar-refractivity contribution in [1.29, 1.82) is 0 Å². The smallest absolute Gasteiger partial charge is 0.278 e. The van der Waals surface area contributed by atoms with Gasteiger partial charge in [0.05, 0.1) is 0 Å². The molecule has 0 unspecified atom stereocenters. The van der Waals surface area contributed by atoms with Crippen molar-refractivity contribution in [3.8, 4) is 0 Å². The third-order valence-corrected chi connectivity index (χ3v) is 1.06. The first-order chi connectivity index (χ1) is 5.72. The normalized spacial score (nSPS) is 5.75. The van der Waals surface area contributed by atoms with Crippen LogP contribution in [0, 0.1) is 0 Å². The molecule has 6 heteroatoms. The zero-order valence-electron chi connectivity index (χ0n) is 7.62. The highest BCUT2D eigenvalue weighted by Gasteiger charge is 1.85. The second-order valence-electron chi connectivity index (χ2n) is 1.06. The molecule has 0 heterocycles. The molecule has 0 saturated heterocycles. The van der Waals surface area contributed by atoms with E-state index in [0.717, 1.165) is 0 Å². The van der Waals surface area contributed by atoms with Crippen molar-refractivity contribution in [3.63, 3.8) is 0 Å². The molecule has 0 aromatic heterocycles. The molecule has 0 saturated carbocycles. The van der Waals surface area contributed by atoms with E-state index in [1.54, 1.807) is 19.6 Å².